The van der Waals surface area contributed by atoms with Crippen LogP contribution >= 0.6 is 27.7 Å². The molecule has 0 unspecified atom stereocenters. The summed E-state index contributed by atoms with van der Waals surface area (Å²) in [6.45, 7) is 5.06. The highest BCUT2D eigenvalue weighted by Crippen LogP contribution is 2.43. The van der Waals surface area contributed by atoms with E-state index in [4.69, 9.17) is 30.3 Å². The molecular formula is C25H29BrN7O5S+. The van der Waals surface area contributed by atoms with Gasteiger partial charge in [-0.2, -0.15) is 0 Å². The molecule has 0 spiro atoms. The summed E-state index contributed by atoms with van der Waals surface area (Å²) in [5.74, 6) is 1.26. The van der Waals surface area contributed by atoms with Crippen molar-refractivity contribution in [2.45, 2.75) is 55.7 Å². The number of halogens is 1. The maximum absolute atomic E-state index is 12.7. The third-order valence-electron chi connectivity index (χ3n) is 6.74. The van der Waals surface area contributed by atoms with Gasteiger partial charge in [-0.05, 0) is 60.2 Å². The highest BCUT2D eigenvalue weighted by atomic mass is 79.9. The van der Waals surface area contributed by atoms with Crippen LogP contribution in [0.3, 0.4) is 0 Å². The minimum Gasteiger partial charge on any atom is -0.454 e. The lowest BCUT2D eigenvalue weighted by molar-refractivity contribution is -0.379. The molecule has 1 fully saturated rings. The number of aryl methyl sites for hydroxylation is 1. The third-order valence-corrected chi connectivity index (χ3v) is 8.71. The summed E-state index contributed by atoms with van der Waals surface area (Å²) in [5.41, 5.74) is 12.9. The molecule has 1 aromatic carbocycles. The van der Waals surface area contributed by atoms with Crippen LogP contribution in [0.1, 0.15) is 33.1 Å². The first kappa shape index (κ1) is 27.3. The SMILES string of the molecule is CC(=[O+]C(=O)[C@H](C)N)C(=O)N1CCC(CCn2c(Sc3cc4c(cc3Br)OCO4)nc3c(N)ncnc32)CC1. The predicted octanol–water partition coefficient (Wildman–Crippen LogP) is 2.68. The molecule has 2 aliphatic rings. The third kappa shape index (κ3) is 5.87. The Bertz CT molecular complexity index is 1450. The summed E-state index contributed by atoms with van der Waals surface area (Å²) in [4.78, 5) is 40.4. The molecular weight excluding hydrogens is 590 g/mol. The van der Waals surface area contributed by atoms with Crippen LogP contribution in [0, 0.1) is 5.92 Å². The number of benzene rings is 1. The van der Waals surface area contributed by atoms with Crippen molar-refractivity contribution in [1.29, 1.82) is 0 Å². The van der Waals surface area contributed by atoms with Gasteiger partial charge in [-0.25, -0.2) is 15.0 Å². The van der Waals surface area contributed by atoms with E-state index in [0.29, 0.717) is 54.0 Å². The van der Waals surface area contributed by atoms with E-state index in [-0.39, 0.29) is 18.5 Å². The average Bonchev–Trinajstić information content (AvgIpc) is 3.51. The molecule has 1 saturated heterocycles. The Balaban J connectivity index is 1.28. The molecule has 0 saturated carbocycles. The van der Waals surface area contributed by atoms with Crippen LogP contribution in [-0.2, 0) is 20.6 Å². The highest BCUT2D eigenvalue weighted by molar-refractivity contribution is 9.10. The normalized spacial score (nSPS) is 16.6. The van der Waals surface area contributed by atoms with Gasteiger partial charge in [0.1, 0.15) is 6.33 Å². The Morgan fingerprint density at radius 2 is 1.95 bits per heavy atom. The first-order valence-electron chi connectivity index (χ1n) is 12.5. The molecule has 0 aliphatic carbocycles. The number of ketones is 1. The van der Waals surface area contributed by atoms with E-state index in [1.165, 1.54) is 31.9 Å². The molecule has 1 atom stereocenters. The lowest BCUT2D eigenvalue weighted by atomic mass is 9.93. The molecule has 3 aromatic rings. The number of nitrogens with two attached hydrogens (primary N) is 2. The van der Waals surface area contributed by atoms with Gasteiger partial charge in [0.05, 0.1) is 4.79 Å². The number of fused-ring (bicyclic) bond motifs is 2. The molecule has 206 valence electrons. The number of hydrogen-bond donors (Lipinski definition) is 2. The number of carbonyl (C=O) groups is 2. The number of nitrogens with zero attached hydrogens (tertiary/aromatic N) is 5. The highest BCUT2D eigenvalue weighted by Gasteiger charge is 2.30. The first-order chi connectivity index (χ1) is 18.7. The van der Waals surface area contributed by atoms with Crippen LogP contribution in [0.15, 0.2) is 33.0 Å². The first-order valence-corrected chi connectivity index (χ1v) is 14.2. The van der Waals surface area contributed by atoms with Crippen LogP contribution in [0.5, 0.6) is 11.5 Å². The average molecular weight is 620 g/mol. The summed E-state index contributed by atoms with van der Waals surface area (Å²) in [6.07, 6.45) is 3.98. The number of ether oxygens (including phenoxy) is 2. The second-order valence-corrected chi connectivity index (χ2v) is 11.4. The number of amides is 1. The van der Waals surface area contributed by atoms with Crippen LogP contribution in [0.2, 0.25) is 0 Å². The number of piperidine rings is 1. The van der Waals surface area contributed by atoms with E-state index >= 15 is 0 Å². The number of nitrogen functional groups attached to an aromatic ring is 1. The molecule has 12 nitrogen and oxygen atoms in total. The van der Waals surface area contributed by atoms with Gasteiger partial charge in [-0.3, -0.25) is 9.22 Å². The van der Waals surface area contributed by atoms with Crippen LogP contribution < -0.4 is 20.9 Å². The van der Waals surface area contributed by atoms with Crippen molar-refractivity contribution < 1.29 is 23.5 Å². The van der Waals surface area contributed by atoms with Gasteiger partial charge in [-0.1, -0.05) is 11.8 Å². The minimum atomic E-state index is -0.785. The lowest BCUT2D eigenvalue weighted by Crippen LogP contribution is -2.42. The number of aromatic nitrogens is 4. The molecule has 5 rings (SSSR count). The molecule has 0 radical (unpaired) electrons. The van der Waals surface area contributed by atoms with Crippen molar-refractivity contribution in [1.82, 2.24) is 24.4 Å². The van der Waals surface area contributed by atoms with Crippen molar-refractivity contribution in [2.24, 2.45) is 11.7 Å². The molecule has 1 amide bonds. The number of carbonyl (C=O) groups excluding carboxylic acids is 3. The van der Waals surface area contributed by atoms with Crippen molar-refractivity contribution >= 4 is 62.3 Å². The molecule has 2 aliphatic heterocycles. The molecule has 2 aromatic heterocycles. The summed E-state index contributed by atoms with van der Waals surface area (Å²) in [5, 5.41) is 0.741. The zero-order valence-corrected chi connectivity index (χ0v) is 24.0. The van der Waals surface area contributed by atoms with Crippen LogP contribution in [0.4, 0.5) is 5.82 Å². The smallest absolute Gasteiger partial charge is 0.454 e. The van der Waals surface area contributed by atoms with Gasteiger partial charge in [0.25, 0.3) is 5.78 Å². The number of likely N-dealkylation sites (tertiary alicyclic amines) is 1. The Hall–Kier alpha value is -3.23. The van der Waals surface area contributed by atoms with E-state index in [1.807, 2.05) is 12.1 Å². The monoisotopic (exact) mass is 618 g/mol. The minimum absolute atomic E-state index is 0.0502. The zero-order valence-electron chi connectivity index (χ0n) is 21.6. The largest absolute Gasteiger partial charge is 0.596 e. The second-order valence-electron chi connectivity index (χ2n) is 9.51. The zero-order chi connectivity index (χ0) is 27.7. The Morgan fingerprint density at radius 1 is 1.23 bits per heavy atom. The number of anilines is 1. The van der Waals surface area contributed by atoms with Gasteiger partial charge in [-0.15, -0.1) is 0 Å². The van der Waals surface area contributed by atoms with Gasteiger partial charge in [0.2, 0.25) is 6.79 Å². The van der Waals surface area contributed by atoms with Gasteiger partial charge < -0.3 is 30.4 Å². The molecule has 14 heteroatoms. The fourth-order valence-electron chi connectivity index (χ4n) is 4.54. The topological polar surface area (TPSA) is 163 Å². The summed E-state index contributed by atoms with van der Waals surface area (Å²) in [6, 6.07) is 3.03. The van der Waals surface area contributed by atoms with E-state index in [2.05, 4.69) is 30.5 Å². The van der Waals surface area contributed by atoms with Crippen LogP contribution in [-0.4, -0.2) is 68.0 Å². The second kappa shape index (κ2) is 11.5. The van der Waals surface area contributed by atoms with E-state index in [9.17, 15) is 9.59 Å². The molecule has 39 heavy (non-hydrogen) atoms. The molecule has 0 bridgehead atoms. The number of imidazole rings is 1. The van der Waals surface area contributed by atoms with Crippen molar-refractivity contribution in [3.8, 4) is 11.5 Å². The van der Waals surface area contributed by atoms with E-state index in [1.54, 1.807) is 4.90 Å². The van der Waals surface area contributed by atoms with E-state index in [0.717, 1.165) is 33.8 Å². The quantitative estimate of drug-likeness (QED) is 0.297. The maximum Gasteiger partial charge on any atom is 0.596 e. The Morgan fingerprint density at radius 3 is 2.67 bits per heavy atom. The molecule has 4 N–H and O–H groups in total. The summed E-state index contributed by atoms with van der Waals surface area (Å²) < 4.78 is 19.1. The van der Waals surface area contributed by atoms with E-state index < -0.39 is 12.0 Å². The Kier molecular flexibility index (Phi) is 8.05. The van der Waals surface area contributed by atoms with Crippen molar-refractivity contribution in [2.75, 3.05) is 25.6 Å². The Labute approximate surface area is 237 Å². The van der Waals surface area contributed by atoms with Crippen molar-refractivity contribution in [3.05, 3.63) is 22.9 Å². The van der Waals surface area contributed by atoms with Gasteiger partial charge in [0, 0.05) is 35.9 Å². The number of rotatable bonds is 7. The van der Waals surface area contributed by atoms with Gasteiger partial charge >= 0.3 is 11.9 Å². The summed E-state index contributed by atoms with van der Waals surface area (Å²) in [7, 11) is 0. The standard InChI is InChI=1S/C25H29BrN7O5S/c1-13(27)24(35)38-14(2)23(34)32-6-3-15(4-7-32)5-8-33-22-20(21(28)29-11-30-22)31-25(33)39-19-10-18-17(9-16(19)26)36-12-37-18/h9-11,13,15H,3-8,12,27H2,1-2H3,(H2,28,29,30)/q+1/t13-/m0/s1. The molecule has 4 heterocycles. The fourth-order valence-corrected chi connectivity index (χ4v) is 6.04. The fraction of sp³-hybridized carbons (Fsp3) is 0.440. The lowest BCUT2D eigenvalue weighted by Gasteiger charge is -2.31. The number of hydrogen-bond acceptors (Lipinski definition) is 10. The maximum atomic E-state index is 12.7. The van der Waals surface area contributed by atoms with Crippen LogP contribution in [0.25, 0.3) is 11.2 Å². The summed E-state index contributed by atoms with van der Waals surface area (Å²) >= 11 is 5.11. The van der Waals surface area contributed by atoms with Crippen molar-refractivity contribution in [3.63, 3.8) is 0 Å². The predicted molar refractivity (Wildman–Crippen MR) is 147 cm³/mol. The van der Waals surface area contributed by atoms with Gasteiger partial charge in [0.15, 0.2) is 39.7 Å².